The molecule has 2 aromatic carbocycles. The van der Waals surface area contributed by atoms with Crippen molar-refractivity contribution in [2.75, 3.05) is 25.2 Å². The number of aliphatic hydroxyl groups excluding tert-OH is 1. The van der Waals surface area contributed by atoms with Crippen LogP contribution in [0.2, 0.25) is 0 Å². The van der Waals surface area contributed by atoms with Gasteiger partial charge in [0.1, 0.15) is 17.2 Å². The first kappa shape index (κ1) is 30.5. The van der Waals surface area contributed by atoms with Crippen LogP contribution in [0.1, 0.15) is 63.4 Å². The van der Waals surface area contributed by atoms with Crippen molar-refractivity contribution in [2.24, 2.45) is 0 Å². The average molecular weight is 591 g/mol. The number of rotatable bonds is 11. The van der Waals surface area contributed by atoms with Gasteiger partial charge >= 0.3 is 11.9 Å². The fourth-order valence-corrected chi connectivity index (χ4v) is 5.64. The van der Waals surface area contributed by atoms with Gasteiger partial charge in [0.05, 0.1) is 31.0 Å². The third kappa shape index (κ3) is 5.94. The zero-order chi connectivity index (χ0) is 30.6. The van der Waals surface area contributed by atoms with E-state index in [1.54, 1.807) is 31.2 Å². The Morgan fingerprint density at radius 3 is 2.60 bits per heavy atom. The minimum Gasteiger partial charge on any atom is -0.507 e. The van der Waals surface area contributed by atoms with Crippen LogP contribution in [-0.2, 0) is 14.3 Å². The van der Waals surface area contributed by atoms with E-state index in [0.29, 0.717) is 34.9 Å². The zero-order valence-corrected chi connectivity index (χ0v) is 25.2. The minimum atomic E-state index is -1.06. The van der Waals surface area contributed by atoms with E-state index in [0.717, 1.165) is 35.3 Å². The van der Waals surface area contributed by atoms with Crippen LogP contribution in [-0.4, -0.2) is 48.1 Å². The van der Waals surface area contributed by atoms with Crippen LogP contribution in [0.15, 0.2) is 54.6 Å². The number of aliphatic hydroxyl groups is 1. The van der Waals surface area contributed by atoms with Crippen LogP contribution < -0.4 is 14.4 Å². The molecule has 0 saturated carbocycles. The van der Waals surface area contributed by atoms with Crippen LogP contribution >= 0.6 is 11.3 Å². The third-order valence-electron chi connectivity index (χ3n) is 6.86. The highest BCUT2D eigenvalue weighted by molar-refractivity contribution is 7.17. The molecule has 0 aliphatic carbocycles. The SMILES string of the molecule is C=CCOC(=O)c1sc(N2C(=O)C(=O)C(=C(O)c3cc(C)ccc3C)C2c2ccc(OCCCC)c(OC)c2)nc1C. The number of ether oxygens (including phenoxy) is 3. The van der Waals surface area contributed by atoms with E-state index in [1.807, 2.05) is 26.0 Å². The van der Waals surface area contributed by atoms with Gasteiger partial charge in [0, 0.05) is 5.56 Å². The van der Waals surface area contributed by atoms with Crippen LogP contribution in [0.3, 0.4) is 0 Å². The molecule has 42 heavy (non-hydrogen) atoms. The molecule has 0 spiro atoms. The van der Waals surface area contributed by atoms with Crippen LogP contribution in [0.4, 0.5) is 5.13 Å². The molecule has 0 radical (unpaired) electrons. The lowest BCUT2D eigenvalue weighted by molar-refractivity contribution is -0.132. The van der Waals surface area contributed by atoms with Crippen molar-refractivity contribution in [3.05, 3.63) is 87.5 Å². The number of ketones is 1. The molecule has 1 amide bonds. The maximum atomic E-state index is 13.7. The summed E-state index contributed by atoms with van der Waals surface area (Å²) in [7, 11) is 1.50. The van der Waals surface area contributed by atoms with Crippen molar-refractivity contribution in [2.45, 2.75) is 46.6 Å². The molecular weight excluding hydrogens is 556 g/mol. The van der Waals surface area contributed by atoms with E-state index in [4.69, 9.17) is 14.2 Å². The number of unbranched alkanes of at least 4 members (excludes halogenated alkanes) is 1. The van der Waals surface area contributed by atoms with E-state index in [9.17, 15) is 19.5 Å². The number of Topliss-reactive ketones (excluding diaryl/α,β-unsaturated/α-hetero) is 1. The Balaban J connectivity index is 1.91. The number of carbonyl (C=O) groups is 3. The summed E-state index contributed by atoms with van der Waals surface area (Å²) in [4.78, 5) is 45.9. The number of hydrogen-bond donors (Lipinski definition) is 1. The summed E-state index contributed by atoms with van der Waals surface area (Å²) in [6.07, 6.45) is 3.27. The molecule has 1 fully saturated rings. The van der Waals surface area contributed by atoms with Gasteiger partial charge in [-0.1, -0.05) is 61.1 Å². The summed E-state index contributed by atoms with van der Waals surface area (Å²) in [6.45, 7) is 11.4. The zero-order valence-electron chi connectivity index (χ0n) is 24.4. The molecule has 3 aromatic rings. The Hall–Kier alpha value is -4.44. The first-order chi connectivity index (χ1) is 20.1. The molecule has 9 nitrogen and oxygen atoms in total. The number of carbonyl (C=O) groups excluding carboxylic acids is 3. The number of hydrogen-bond acceptors (Lipinski definition) is 9. The number of aryl methyl sites for hydroxylation is 3. The van der Waals surface area contributed by atoms with Crippen molar-refractivity contribution < 1.29 is 33.7 Å². The van der Waals surface area contributed by atoms with Gasteiger partial charge in [-0.2, -0.15) is 0 Å². The molecule has 0 bridgehead atoms. The number of esters is 1. The number of benzene rings is 2. The highest BCUT2D eigenvalue weighted by atomic mass is 32.1. The van der Waals surface area contributed by atoms with Gasteiger partial charge in [-0.15, -0.1) is 0 Å². The summed E-state index contributed by atoms with van der Waals surface area (Å²) in [5, 5.41) is 11.7. The molecule has 10 heteroatoms. The van der Waals surface area contributed by atoms with E-state index in [-0.39, 0.29) is 27.9 Å². The first-order valence-electron chi connectivity index (χ1n) is 13.6. The Morgan fingerprint density at radius 2 is 1.90 bits per heavy atom. The lowest BCUT2D eigenvalue weighted by atomic mass is 9.93. The molecule has 1 aromatic heterocycles. The molecule has 220 valence electrons. The topological polar surface area (TPSA) is 115 Å². The standard InChI is InChI=1S/C32H34N2O7S/c1-7-9-15-40-23-13-12-21(17-24(23)39-6)26-25(27(35)22-16-18(3)10-11-19(22)4)28(36)30(37)34(26)32-33-20(5)29(42-32)31(38)41-14-8-2/h8,10-13,16-17,26,35H,2,7,9,14-15H2,1,3-6H3. The monoisotopic (exact) mass is 590 g/mol. The van der Waals surface area contributed by atoms with Gasteiger partial charge in [-0.25, -0.2) is 9.78 Å². The summed E-state index contributed by atoms with van der Waals surface area (Å²) in [6, 6.07) is 9.56. The summed E-state index contributed by atoms with van der Waals surface area (Å²) in [5.74, 6) is -1.75. The van der Waals surface area contributed by atoms with Gasteiger partial charge in [0.25, 0.3) is 5.78 Å². The summed E-state index contributed by atoms with van der Waals surface area (Å²) >= 11 is 0.934. The van der Waals surface area contributed by atoms with E-state index in [1.165, 1.54) is 18.1 Å². The van der Waals surface area contributed by atoms with E-state index in [2.05, 4.69) is 18.5 Å². The smallest absolute Gasteiger partial charge is 0.350 e. The molecule has 1 aliphatic rings. The molecule has 1 atom stereocenters. The van der Waals surface area contributed by atoms with Crippen LogP contribution in [0.25, 0.3) is 5.76 Å². The lowest BCUT2D eigenvalue weighted by Gasteiger charge is -2.24. The fourth-order valence-electron chi connectivity index (χ4n) is 4.66. The molecule has 1 N–H and O–H groups in total. The predicted molar refractivity (Wildman–Crippen MR) is 161 cm³/mol. The maximum absolute atomic E-state index is 13.7. The highest BCUT2D eigenvalue weighted by Crippen LogP contribution is 2.46. The Labute approximate surface area is 249 Å². The average Bonchev–Trinajstić information content (AvgIpc) is 3.49. The van der Waals surface area contributed by atoms with Gasteiger partial charge in [-0.3, -0.25) is 14.5 Å². The van der Waals surface area contributed by atoms with Crippen LogP contribution in [0.5, 0.6) is 11.5 Å². The van der Waals surface area contributed by atoms with Crippen molar-refractivity contribution in [3.63, 3.8) is 0 Å². The highest BCUT2D eigenvalue weighted by Gasteiger charge is 2.48. The largest absolute Gasteiger partial charge is 0.507 e. The summed E-state index contributed by atoms with van der Waals surface area (Å²) in [5.41, 5.74) is 2.78. The van der Waals surface area contributed by atoms with Gasteiger partial charge in [0.15, 0.2) is 16.6 Å². The number of thiazole rings is 1. The number of amides is 1. The van der Waals surface area contributed by atoms with Crippen molar-refractivity contribution in [3.8, 4) is 11.5 Å². The van der Waals surface area contributed by atoms with Gasteiger partial charge in [0.2, 0.25) is 0 Å². The first-order valence-corrected chi connectivity index (χ1v) is 14.4. The Bertz CT molecular complexity index is 1570. The molecule has 1 saturated heterocycles. The predicted octanol–water partition coefficient (Wildman–Crippen LogP) is 6.22. The molecular formula is C32H34N2O7S. The number of anilines is 1. The van der Waals surface area contributed by atoms with Gasteiger partial charge in [-0.05, 0) is 56.5 Å². The van der Waals surface area contributed by atoms with Crippen molar-refractivity contribution in [1.29, 1.82) is 0 Å². The number of nitrogens with zero attached hydrogens (tertiary/aromatic N) is 2. The van der Waals surface area contributed by atoms with E-state index < -0.39 is 23.7 Å². The second-order valence-corrected chi connectivity index (χ2v) is 10.9. The lowest BCUT2D eigenvalue weighted by Crippen LogP contribution is -2.29. The third-order valence-corrected chi connectivity index (χ3v) is 8.00. The normalized spacial score (nSPS) is 16.0. The Morgan fingerprint density at radius 1 is 1.14 bits per heavy atom. The molecule has 2 heterocycles. The van der Waals surface area contributed by atoms with E-state index >= 15 is 0 Å². The maximum Gasteiger partial charge on any atom is 0.350 e. The summed E-state index contributed by atoms with van der Waals surface area (Å²) < 4.78 is 16.7. The minimum absolute atomic E-state index is 0.0122. The fraction of sp³-hybridized carbons (Fsp3) is 0.312. The second-order valence-electron chi connectivity index (χ2n) is 9.90. The van der Waals surface area contributed by atoms with Gasteiger partial charge < -0.3 is 19.3 Å². The molecule has 1 aliphatic heterocycles. The quantitative estimate of drug-likeness (QED) is 0.0699. The second kappa shape index (κ2) is 13.0. The molecule has 4 rings (SSSR count). The number of methoxy groups -OCH3 is 1. The molecule has 1 unspecified atom stereocenters. The van der Waals surface area contributed by atoms with Crippen molar-refractivity contribution >= 4 is 39.9 Å². The van der Waals surface area contributed by atoms with Crippen molar-refractivity contribution in [1.82, 2.24) is 4.98 Å². The van der Waals surface area contributed by atoms with Crippen LogP contribution in [0, 0.1) is 20.8 Å². The Kier molecular flexibility index (Phi) is 9.47. The number of aromatic nitrogens is 1.